The second-order valence-electron chi connectivity index (χ2n) is 5.55. The Labute approximate surface area is 155 Å². The Bertz CT molecular complexity index is 727. The molecule has 1 aromatic carbocycles. The highest BCUT2D eigenvalue weighted by molar-refractivity contribution is 7.09. The van der Waals surface area contributed by atoms with Crippen molar-refractivity contribution in [2.75, 3.05) is 5.32 Å². The molecule has 140 valence electrons. The first kappa shape index (κ1) is 21.3. The number of anilines is 1. The standard InChI is InChI=1S/C16H20N2OS.C2H2O4/c1-11-6-4-7-12(2)15(11)18-16(19)13(3)17-10-14-8-5-9-20-14;3-1(4)2(5)6/h4-9,13,17H,10H2,1-3H3,(H,18,19);(H,3,4)(H,5,6). The lowest BCUT2D eigenvalue weighted by Gasteiger charge is -2.16. The fourth-order valence-electron chi connectivity index (χ4n) is 2.00. The van der Waals surface area contributed by atoms with Crippen LogP contribution in [0, 0.1) is 13.8 Å². The number of rotatable bonds is 5. The molecule has 1 aromatic heterocycles. The number of hydrogen-bond acceptors (Lipinski definition) is 5. The third kappa shape index (κ3) is 7.04. The minimum absolute atomic E-state index is 0.000967. The van der Waals surface area contributed by atoms with Gasteiger partial charge in [0.05, 0.1) is 6.04 Å². The van der Waals surface area contributed by atoms with Gasteiger partial charge in [-0.15, -0.1) is 11.3 Å². The molecule has 4 N–H and O–H groups in total. The van der Waals surface area contributed by atoms with E-state index in [1.807, 2.05) is 50.4 Å². The van der Waals surface area contributed by atoms with E-state index in [2.05, 4.69) is 16.7 Å². The summed E-state index contributed by atoms with van der Waals surface area (Å²) in [5, 5.41) is 23.1. The number of benzene rings is 1. The second-order valence-corrected chi connectivity index (χ2v) is 6.58. The molecule has 26 heavy (non-hydrogen) atoms. The molecule has 0 saturated heterocycles. The number of aryl methyl sites for hydroxylation is 2. The normalized spacial score (nSPS) is 11.0. The topological polar surface area (TPSA) is 116 Å². The van der Waals surface area contributed by atoms with Gasteiger partial charge in [-0.25, -0.2) is 9.59 Å². The molecule has 1 amide bonds. The van der Waals surface area contributed by atoms with Crippen LogP contribution in [0.2, 0.25) is 0 Å². The molecule has 2 rings (SSSR count). The molecule has 7 nitrogen and oxygen atoms in total. The molecule has 1 heterocycles. The van der Waals surface area contributed by atoms with Crippen molar-refractivity contribution in [2.24, 2.45) is 0 Å². The Morgan fingerprint density at radius 1 is 1.04 bits per heavy atom. The van der Waals surface area contributed by atoms with E-state index in [1.165, 1.54) is 4.88 Å². The summed E-state index contributed by atoms with van der Waals surface area (Å²) in [6, 6.07) is 9.87. The van der Waals surface area contributed by atoms with Crippen molar-refractivity contribution in [3.8, 4) is 0 Å². The van der Waals surface area contributed by atoms with E-state index >= 15 is 0 Å². The zero-order valence-corrected chi connectivity index (χ0v) is 15.6. The molecule has 0 spiro atoms. The van der Waals surface area contributed by atoms with E-state index in [0.29, 0.717) is 0 Å². The molecule has 0 aliphatic carbocycles. The summed E-state index contributed by atoms with van der Waals surface area (Å²) in [7, 11) is 0. The molecule has 0 bridgehead atoms. The Morgan fingerprint density at radius 3 is 2.08 bits per heavy atom. The zero-order valence-electron chi connectivity index (χ0n) is 14.8. The van der Waals surface area contributed by atoms with Crippen LogP contribution < -0.4 is 10.6 Å². The zero-order chi connectivity index (χ0) is 19.7. The van der Waals surface area contributed by atoms with Crippen LogP contribution in [-0.2, 0) is 20.9 Å². The lowest BCUT2D eigenvalue weighted by atomic mass is 10.1. The van der Waals surface area contributed by atoms with Gasteiger partial charge < -0.3 is 20.8 Å². The Hall–Kier alpha value is -2.71. The van der Waals surface area contributed by atoms with E-state index < -0.39 is 11.9 Å². The third-order valence-electron chi connectivity index (χ3n) is 3.47. The second kappa shape index (κ2) is 10.3. The number of carboxylic acid groups (broad SMARTS) is 2. The predicted molar refractivity (Wildman–Crippen MR) is 100 cm³/mol. The van der Waals surface area contributed by atoms with Crippen molar-refractivity contribution in [3.05, 3.63) is 51.7 Å². The van der Waals surface area contributed by atoms with Crippen LogP contribution in [0.4, 0.5) is 5.69 Å². The highest BCUT2D eigenvalue weighted by Gasteiger charge is 2.14. The molecule has 2 aromatic rings. The Balaban J connectivity index is 0.000000487. The lowest BCUT2D eigenvalue weighted by Crippen LogP contribution is -2.37. The summed E-state index contributed by atoms with van der Waals surface area (Å²) >= 11 is 1.69. The van der Waals surface area contributed by atoms with Gasteiger partial charge in [-0.3, -0.25) is 4.79 Å². The maximum absolute atomic E-state index is 12.2. The summed E-state index contributed by atoms with van der Waals surface area (Å²) in [4.78, 5) is 31.6. The van der Waals surface area contributed by atoms with Gasteiger partial charge in [0.1, 0.15) is 0 Å². The molecular weight excluding hydrogens is 356 g/mol. The molecular formula is C18H22N2O5S. The largest absolute Gasteiger partial charge is 0.473 e. The van der Waals surface area contributed by atoms with Gasteiger partial charge in [-0.05, 0) is 43.3 Å². The maximum Gasteiger partial charge on any atom is 0.414 e. The Kier molecular flexibility index (Phi) is 8.47. The number of nitrogens with one attached hydrogen (secondary N) is 2. The van der Waals surface area contributed by atoms with Gasteiger partial charge >= 0.3 is 11.9 Å². The molecule has 0 aliphatic rings. The van der Waals surface area contributed by atoms with Crippen molar-refractivity contribution in [3.63, 3.8) is 0 Å². The first-order valence-corrected chi connectivity index (χ1v) is 8.69. The lowest BCUT2D eigenvalue weighted by molar-refractivity contribution is -0.159. The van der Waals surface area contributed by atoms with Crippen LogP contribution in [0.25, 0.3) is 0 Å². The smallest absolute Gasteiger partial charge is 0.414 e. The van der Waals surface area contributed by atoms with Crippen molar-refractivity contribution in [2.45, 2.75) is 33.4 Å². The van der Waals surface area contributed by atoms with Gasteiger partial charge in [0.15, 0.2) is 0 Å². The average molecular weight is 378 g/mol. The first-order chi connectivity index (χ1) is 12.2. The van der Waals surface area contributed by atoms with Crippen molar-refractivity contribution < 1.29 is 24.6 Å². The quantitative estimate of drug-likeness (QED) is 0.595. The fourth-order valence-corrected chi connectivity index (χ4v) is 2.66. The van der Waals surface area contributed by atoms with E-state index in [-0.39, 0.29) is 11.9 Å². The fraction of sp³-hybridized carbons (Fsp3) is 0.278. The SMILES string of the molecule is Cc1cccc(C)c1NC(=O)C(C)NCc1cccs1.O=C(O)C(=O)O. The number of carbonyl (C=O) groups is 3. The van der Waals surface area contributed by atoms with Crippen LogP contribution >= 0.6 is 11.3 Å². The van der Waals surface area contributed by atoms with Crippen LogP contribution in [0.3, 0.4) is 0 Å². The van der Waals surface area contributed by atoms with Gasteiger partial charge in [0.2, 0.25) is 5.91 Å². The highest BCUT2D eigenvalue weighted by Crippen LogP contribution is 2.19. The minimum Gasteiger partial charge on any atom is -0.473 e. The van der Waals surface area contributed by atoms with Crippen molar-refractivity contribution in [1.29, 1.82) is 0 Å². The van der Waals surface area contributed by atoms with Crippen molar-refractivity contribution >= 4 is 34.9 Å². The van der Waals surface area contributed by atoms with Gasteiger partial charge in [0.25, 0.3) is 0 Å². The van der Waals surface area contributed by atoms with Gasteiger partial charge in [0, 0.05) is 17.1 Å². The highest BCUT2D eigenvalue weighted by atomic mass is 32.1. The first-order valence-electron chi connectivity index (χ1n) is 7.81. The Morgan fingerprint density at radius 2 is 1.62 bits per heavy atom. The monoisotopic (exact) mass is 378 g/mol. The summed E-state index contributed by atoms with van der Waals surface area (Å²) < 4.78 is 0. The predicted octanol–water partition coefficient (Wildman–Crippen LogP) is 2.64. The van der Waals surface area contributed by atoms with Crippen LogP contribution in [-0.4, -0.2) is 34.1 Å². The third-order valence-corrected chi connectivity index (χ3v) is 4.34. The van der Waals surface area contributed by atoms with E-state index in [1.54, 1.807) is 11.3 Å². The van der Waals surface area contributed by atoms with Crippen LogP contribution in [0.5, 0.6) is 0 Å². The van der Waals surface area contributed by atoms with Crippen LogP contribution in [0.1, 0.15) is 22.9 Å². The molecule has 0 fully saturated rings. The number of thiophene rings is 1. The number of carbonyl (C=O) groups excluding carboxylic acids is 1. The molecule has 0 aliphatic heterocycles. The number of aliphatic carboxylic acids is 2. The molecule has 0 saturated carbocycles. The van der Waals surface area contributed by atoms with Gasteiger partial charge in [-0.1, -0.05) is 24.3 Å². The molecule has 1 atom stereocenters. The number of amides is 1. The van der Waals surface area contributed by atoms with Crippen molar-refractivity contribution in [1.82, 2.24) is 5.32 Å². The van der Waals surface area contributed by atoms with E-state index in [4.69, 9.17) is 19.8 Å². The van der Waals surface area contributed by atoms with E-state index in [9.17, 15) is 4.79 Å². The summed E-state index contributed by atoms with van der Waals surface area (Å²) in [5.74, 6) is -3.65. The van der Waals surface area contributed by atoms with E-state index in [0.717, 1.165) is 23.4 Å². The molecule has 0 radical (unpaired) electrons. The summed E-state index contributed by atoms with van der Waals surface area (Å²) in [5.41, 5.74) is 3.09. The molecule has 1 unspecified atom stereocenters. The number of carboxylic acids is 2. The summed E-state index contributed by atoms with van der Waals surface area (Å²) in [6.07, 6.45) is 0. The average Bonchev–Trinajstić information content (AvgIpc) is 3.10. The number of hydrogen-bond donors (Lipinski definition) is 4. The maximum atomic E-state index is 12.2. The van der Waals surface area contributed by atoms with Crippen LogP contribution in [0.15, 0.2) is 35.7 Å². The summed E-state index contributed by atoms with van der Waals surface area (Å²) in [6.45, 7) is 6.62. The molecule has 8 heteroatoms. The minimum atomic E-state index is -1.82. The van der Waals surface area contributed by atoms with Gasteiger partial charge in [-0.2, -0.15) is 0 Å². The number of para-hydroxylation sites is 1.